The van der Waals surface area contributed by atoms with Gasteiger partial charge in [0.2, 0.25) is 0 Å². The molecule has 2 rings (SSSR count). The van der Waals surface area contributed by atoms with Crippen LogP contribution >= 0.6 is 23.2 Å². The molecule has 7 N–H and O–H groups in total. The lowest BCUT2D eigenvalue weighted by Crippen LogP contribution is -2.22. The van der Waals surface area contributed by atoms with E-state index in [4.69, 9.17) is 43.9 Å². The van der Waals surface area contributed by atoms with Crippen molar-refractivity contribution in [2.24, 2.45) is 0 Å². The molecule has 0 fully saturated rings. The van der Waals surface area contributed by atoms with Crippen LogP contribution in [0.3, 0.4) is 0 Å². The van der Waals surface area contributed by atoms with Crippen LogP contribution in [0, 0.1) is 0 Å². The highest BCUT2D eigenvalue weighted by Gasteiger charge is 2.11. The molecule has 0 saturated carbocycles. The Balaban J connectivity index is 0.000000738. The molecule has 0 saturated heterocycles. The van der Waals surface area contributed by atoms with E-state index in [1.165, 1.54) is 5.56 Å². The van der Waals surface area contributed by atoms with E-state index in [1.807, 2.05) is 12.1 Å². The normalized spacial score (nSPS) is 11.6. The third kappa shape index (κ3) is 15.1. The van der Waals surface area contributed by atoms with E-state index in [0.29, 0.717) is 46.6 Å². The van der Waals surface area contributed by atoms with Gasteiger partial charge in [-0.25, -0.2) is 9.59 Å². The number of carbonyl (C=O) groups is 2. The fraction of sp³-hybridized carbons (Fsp3) is 0.385. The van der Waals surface area contributed by atoms with Crippen molar-refractivity contribution in [1.29, 1.82) is 0 Å². The first-order valence-electron chi connectivity index (χ1n) is 11.7. The number of aromatic hydroxyl groups is 1. The number of phenolic OH excluding ortho intramolecular Hbond substituents is 1. The number of carboxylic acids is 2. The average Bonchev–Trinajstić information content (AvgIpc) is 2.85. The van der Waals surface area contributed by atoms with Crippen molar-refractivity contribution in [2.45, 2.75) is 38.2 Å². The molecule has 0 aliphatic heterocycles. The Hall–Kier alpha value is -2.82. The number of anilines is 1. The topological polar surface area (TPSA) is 162 Å². The zero-order valence-corrected chi connectivity index (χ0v) is 21.9. The first-order chi connectivity index (χ1) is 17.6. The van der Waals surface area contributed by atoms with Gasteiger partial charge in [0.15, 0.2) is 0 Å². The lowest BCUT2D eigenvalue weighted by molar-refractivity contribution is -0.134. The summed E-state index contributed by atoms with van der Waals surface area (Å²) in [4.78, 5) is 19.1. The smallest absolute Gasteiger partial charge is 0.328 e. The van der Waals surface area contributed by atoms with Crippen LogP contribution in [0.15, 0.2) is 48.6 Å². The van der Waals surface area contributed by atoms with Crippen molar-refractivity contribution in [3.8, 4) is 5.75 Å². The van der Waals surface area contributed by atoms with E-state index >= 15 is 0 Å². The molecule has 0 amide bonds. The maximum Gasteiger partial charge on any atom is 0.328 e. The largest absolute Gasteiger partial charge is 0.508 e. The first kappa shape index (κ1) is 32.2. The van der Waals surface area contributed by atoms with Crippen LogP contribution in [0.4, 0.5) is 5.69 Å². The zero-order chi connectivity index (χ0) is 27.6. The molecule has 9 nitrogen and oxygen atoms in total. The lowest BCUT2D eigenvalue weighted by Gasteiger charge is -2.14. The number of unbranched alkanes of at least 4 members (excludes halogenated alkanes) is 3. The Bertz CT molecular complexity index is 962. The fourth-order valence-electron chi connectivity index (χ4n) is 3.06. The highest BCUT2D eigenvalue weighted by atomic mass is 35.5. The summed E-state index contributed by atoms with van der Waals surface area (Å²) in [6, 6.07) is 10.5. The van der Waals surface area contributed by atoms with Crippen molar-refractivity contribution < 1.29 is 34.8 Å². The summed E-state index contributed by atoms with van der Waals surface area (Å²) in [7, 11) is 0. The molecule has 0 radical (unpaired) electrons. The number of aliphatic hydroxyl groups excluding tert-OH is 1. The fourth-order valence-corrected chi connectivity index (χ4v) is 3.56. The van der Waals surface area contributed by atoms with Gasteiger partial charge < -0.3 is 36.2 Å². The number of aliphatic carboxylic acids is 2. The molecule has 1 unspecified atom stereocenters. The summed E-state index contributed by atoms with van der Waals surface area (Å²) in [6.45, 7) is 2.75. The van der Waals surface area contributed by atoms with E-state index in [2.05, 4.69) is 5.32 Å². The maximum absolute atomic E-state index is 10.2. The predicted molar refractivity (Wildman–Crippen MR) is 144 cm³/mol. The summed E-state index contributed by atoms with van der Waals surface area (Å²) in [6.07, 6.45) is 5.62. The summed E-state index contributed by atoms with van der Waals surface area (Å²) in [5.41, 5.74) is 7.87. The number of benzene rings is 2. The van der Waals surface area contributed by atoms with E-state index in [9.17, 15) is 19.8 Å². The summed E-state index contributed by atoms with van der Waals surface area (Å²) in [5, 5.41) is 39.1. The number of hydrogen-bond donors (Lipinski definition) is 6. The second-order valence-corrected chi connectivity index (χ2v) is 8.89. The van der Waals surface area contributed by atoms with Gasteiger partial charge in [-0.1, -0.05) is 48.2 Å². The van der Waals surface area contributed by atoms with Crippen molar-refractivity contribution in [1.82, 2.24) is 5.32 Å². The standard InChI is InChI=1S/C22H30Cl2N2O3.C4H4O4/c23-19-13-17(14-20(24)22(19)25)21(28)15-26-10-3-1-2-4-11-29-12-9-16-5-7-18(27)8-6-16;5-3(6)1-2-4(7)8/h5-8,13-14,21,26-28H,1-4,9-12,15,25H2;1-2H,(H,5,6)(H,7,8)/b;2-1+. The Kier molecular flexibility index (Phi) is 16.0. The number of nitrogens with two attached hydrogens (primary N) is 1. The molecule has 0 bridgehead atoms. The van der Waals surface area contributed by atoms with Crippen LogP contribution in [-0.2, 0) is 20.7 Å². The molecule has 0 aliphatic carbocycles. The van der Waals surface area contributed by atoms with Gasteiger partial charge >= 0.3 is 11.9 Å². The van der Waals surface area contributed by atoms with Crippen molar-refractivity contribution in [2.75, 3.05) is 32.0 Å². The number of rotatable bonds is 15. The van der Waals surface area contributed by atoms with Crippen LogP contribution in [0.1, 0.15) is 42.9 Å². The second-order valence-electron chi connectivity index (χ2n) is 8.07. The molecule has 2 aromatic carbocycles. The quantitative estimate of drug-likeness (QED) is 0.106. The van der Waals surface area contributed by atoms with E-state index in [0.717, 1.165) is 45.3 Å². The number of carboxylic acid groups (broad SMARTS) is 2. The van der Waals surface area contributed by atoms with E-state index < -0.39 is 18.0 Å². The van der Waals surface area contributed by atoms with Gasteiger partial charge in [0.05, 0.1) is 28.4 Å². The van der Waals surface area contributed by atoms with Gasteiger partial charge in [-0.3, -0.25) is 0 Å². The average molecular weight is 557 g/mol. The van der Waals surface area contributed by atoms with Gasteiger partial charge in [-0.15, -0.1) is 0 Å². The Morgan fingerprint density at radius 2 is 1.51 bits per heavy atom. The molecular weight excluding hydrogens is 523 g/mol. The van der Waals surface area contributed by atoms with Crippen LogP contribution in [0.25, 0.3) is 0 Å². The van der Waals surface area contributed by atoms with Gasteiger partial charge in [-0.2, -0.15) is 0 Å². The predicted octanol–water partition coefficient (Wildman–Crippen LogP) is 4.44. The molecule has 1 atom stereocenters. The molecule has 0 heterocycles. The van der Waals surface area contributed by atoms with Crippen molar-refractivity contribution in [3.63, 3.8) is 0 Å². The van der Waals surface area contributed by atoms with Gasteiger partial charge in [0.1, 0.15) is 5.75 Å². The van der Waals surface area contributed by atoms with Gasteiger partial charge in [0, 0.05) is 25.3 Å². The van der Waals surface area contributed by atoms with Crippen LogP contribution in [-0.4, -0.2) is 58.7 Å². The molecule has 2 aromatic rings. The van der Waals surface area contributed by atoms with Crippen LogP contribution < -0.4 is 11.1 Å². The SMILES string of the molecule is Nc1c(Cl)cc(C(O)CNCCCCCCOCCc2ccc(O)cc2)cc1Cl.O=C(O)/C=C/C(=O)O. The number of aliphatic hydroxyl groups is 1. The summed E-state index contributed by atoms with van der Waals surface area (Å²) < 4.78 is 5.66. The Morgan fingerprint density at radius 3 is 2.08 bits per heavy atom. The number of hydrogen-bond acceptors (Lipinski definition) is 7. The third-order valence-electron chi connectivity index (χ3n) is 5.06. The van der Waals surface area contributed by atoms with Crippen molar-refractivity contribution >= 4 is 40.8 Å². The highest BCUT2D eigenvalue weighted by Crippen LogP contribution is 2.31. The van der Waals surface area contributed by atoms with Gasteiger partial charge in [0.25, 0.3) is 0 Å². The molecule has 204 valence electrons. The Morgan fingerprint density at radius 1 is 0.946 bits per heavy atom. The minimum absolute atomic E-state index is 0.290. The minimum atomic E-state index is -1.26. The van der Waals surface area contributed by atoms with E-state index in [1.54, 1.807) is 24.3 Å². The van der Waals surface area contributed by atoms with Gasteiger partial charge in [-0.05, 0) is 61.2 Å². The maximum atomic E-state index is 10.2. The summed E-state index contributed by atoms with van der Waals surface area (Å²) in [5.74, 6) is -2.22. The number of nitrogens with one attached hydrogen (secondary N) is 1. The molecule has 0 aromatic heterocycles. The molecular formula is C26H34Cl2N2O7. The number of ether oxygens (including phenoxy) is 1. The molecule has 11 heteroatoms. The zero-order valence-electron chi connectivity index (χ0n) is 20.4. The number of halogens is 2. The third-order valence-corrected chi connectivity index (χ3v) is 5.68. The molecule has 0 aliphatic rings. The van der Waals surface area contributed by atoms with Crippen LogP contribution in [0.2, 0.25) is 10.0 Å². The van der Waals surface area contributed by atoms with E-state index in [-0.39, 0.29) is 5.75 Å². The highest BCUT2D eigenvalue weighted by molar-refractivity contribution is 6.38. The minimum Gasteiger partial charge on any atom is -0.508 e. The first-order valence-corrected chi connectivity index (χ1v) is 12.5. The number of nitrogen functional groups attached to an aromatic ring is 1. The monoisotopic (exact) mass is 556 g/mol. The second kappa shape index (κ2) is 18.4. The van der Waals surface area contributed by atoms with Crippen molar-refractivity contribution in [3.05, 3.63) is 69.7 Å². The van der Waals surface area contributed by atoms with Crippen LogP contribution in [0.5, 0.6) is 5.75 Å². The Labute approximate surface area is 226 Å². The molecule has 0 spiro atoms. The summed E-state index contributed by atoms with van der Waals surface area (Å²) >= 11 is 12.0. The number of phenols is 1. The lowest BCUT2D eigenvalue weighted by atomic mass is 10.1. The molecule has 37 heavy (non-hydrogen) atoms.